The maximum absolute atomic E-state index is 4.77. The number of hydrogen-bond donors (Lipinski definition) is 2. The van der Waals surface area contributed by atoms with E-state index in [4.69, 9.17) is 4.98 Å². The molecule has 0 aliphatic carbocycles. The minimum atomic E-state index is 0.0802. The highest BCUT2D eigenvalue weighted by Crippen LogP contribution is 2.33. The van der Waals surface area contributed by atoms with E-state index in [2.05, 4.69) is 72.6 Å². The molecule has 6 heteroatoms. The smallest absolute Gasteiger partial charge is 0.223 e. The number of rotatable bonds is 4. The van der Waals surface area contributed by atoms with Crippen LogP contribution in [0.2, 0.25) is 0 Å². The Morgan fingerprint density at radius 3 is 2.39 bits per heavy atom. The van der Waals surface area contributed by atoms with Crippen molar-refractivity contribution in [3.8, 4) is 21.1 Å². The molecule has 0 atom stereocenters. The number of nitrogens with zero attached hydrogens (tertiary/aromatic N) is 3. The molecule has 0 radical (unpaired) electrons. The zero-order chi connectivity index (χ0) is 19.8. The Labute approximate surface area is 170 Å². The summed E-state index contributed by atoms with van der Waals surface area (Å²) in [4.78, 5) is 15.8. The second kappa shape index (κ2) is 7.16. The summed E-state index contributed by atoms with van der Waals surface area (Å²) < 4.78 is 0. The number of nitrogens with one attached hydrogen (secondary N) is 2. The van der Waals surface area contributed by atoms with Crippen LogP contribution < -0.4 is 10.6 Å². The standard InChI is InChI=1S/C22H25N5S/c1-21(2)13-15(14-22(3,4)27-21)25-20-24-12-10-17(26-20)19-9-8-18(28-19)16-7-5-6-11-23-16/h7-12,15,27H,13-14H2,1-4H3,(H,24,25,26). The Balaban J connectivity index is 1.53. The lowest BCUT2D eigenvalue weighted by Crippen LogP contribution is -2.60. The van der Waals surface area contributed by atoms with Gasteiger partial charge in [-0.25, -0.2) is 15.0 Å². The van der Waals surface area contributed by atoms with Crippen molar-refractivity contribution in [3.05, 3.63) is 48.8 Å². The van der Waals surface area contributed by atoms with Gasteiger partial charge in [0.15, 0.2) is 0 Å². The average Bonchev–Trinajstić information content (AvgIpc) is 3.10. The van der Waals surface area contributed by atoms with Crippen molar-refractivity contribution in [2.75, 3.05) is 5.32 Å². The van der Waals surface area contributed by atoms with Gasteiger partial charge < -0.3 is 10.6 Å². The number of thiophene rings is 1. The van der Waals surface area contributed by atoms with Crippen molar-refractivity contribution in [2.45, 2.75) is 57.7 Å². The van der Waals surface area contributed by atoms with E-state index in [-0.39, 0.29) is 11.1 Å². The molecule has 0 amide bonds. The lowest BCUT2D eigenvalue weighted by Gasteiger charge is -2.46. The van der Waals surface area contributed by atoms with Crippen LogP contribution in [0.4, 0.5) is 5.95 Å². The van der Waals surface area contributed by atoms with E-state index in [0.717, 1.165) is 34.0 Å². The molecule has 0 saturated carbocycles. The van der Waals surface area contributed by atoms with Gasteiger partial charge in [0.1, 0.15) is 0 Å². The van der Waals surface area contributed by atoms with Crippen molar-refractivity contribution >= 4 is 17.3 Å². The molecule has 0 unspecified atom stereocenters. The first-order valence-electron chi connectivity index (χ1n) is 9.53. The molecule has 2 N–H and O–H groups in total. The van der Waals surface area contributed by atoms with Gasteiger partial charge in [0, 0.05) is 29.4 Å². The maximum atomic E-state index is 4.77. The quantitative estimate of drug-likeness (QED) is 0.681. The lowest BCUT2D eigenvalue weighted by atomic mass is 9.80. The number of anilines is 1. The molecule has 1 saturated heterocycles. The number of piperidine rings is 1. The monoisotopic (exact) mass is 391 g/mol. The molecule has 0 aromatic carbocycles. The second-order valence-corrected chi connectivity index (χ2v) is 9.73. The second-order valence-electron chi connectivity index (χ2n) is 8.65. The fourth-order valence-electron chi connectivity index (χ4n) is 4.21. The summed E-state index contributed by atoms with van der Waals surface area (Å²) in [6.07, 6.45) is 5.52. The summed E-state index contributed by atoms with van der Waals surface area (Å²) in [5.41, 5.74) is 1.99. The number of aromatic nitrogens is 3. The Bertz CT molecular complexity index is 932. The summed E-state index contributed by atoms with van der Waals surface area (Å²) in [7, 11) is 0. The third kappa shape index (κ3) is 4.32. The molecule has 144 valence electrons. The highest BCUT2D eigenvalue weighted by Gasteiger charge is 2.37. The average molecular weight is 392 g/mol. The predicted molar refractivity (Wildman–Crippen MR) is 114 cm³/mol. The first kappa shape index (κ1) is 18.9. The summed E-state index contributed by atoms with van der Waals surface area (Å²) >= 11 is 1.67. The Kier molecular flexibility index (Phi) is 4.82. The minimum Gasteiger partial charge on any atom is -0.351 e. The molecule has 0 bridgehead atoms. The molecule has 4 heterocycles. The Morgan fingerprint density at radius 2 is 1.71 bits per heavy atom. The highest BCUT2D eigenvalue weighted by atomic mass is 32.1. The van der Waals surface area contributed by atoms with Crippen molar-refractivity contribution in [2.24, 2.45) is 0 Å². The van der Waals surface area contributed by atoms with E-state index in [1.54, 1.807) is 17.5 Å². The summed E-state index contributed by atoms with van der Waals surface area (Å²) in [6, 6.07) is 14.1. The Hall–Kier alpha value is -2.49. The van der Waals surface area contributed by atoms with Crippen molar-refractivity contribution in [3.63, 3.8) is 0 Å². The van der Waals surface area contributed by atoms with Crippen LogP contribution >= 0.6 is 11.3 Å². The molecular weight excluding hydrogens is 366 g/mol. The molecular formula is C22H25N5S. The third-order valence-electron chi connectivity index (χ3n) is 4.85. The van der Waals surface area contributed by atoms with Gasteiger partial charge in [0.25, 0.3) is 0 Å². The molecule has 4 rings (SSSR count). The Morgan fingerprint density at radius 1 is 1.00 bits per heavy atom. The maximum Gasteiger partial charge on any atom is 0.223 e. The lowest BCUT2D eigenvalue weighted by molar-refractivity contribution is 0.170. The summed E-state index contributed by atoms with van der Waals surface area (Å²) in [5.74, 6) is 0.687. The van der Waals surface area contributed by atoms with Gasteiger partial charge in [-0.3, -0.25) is 0 Å². The van der Waals surface area contributed by atoms with Crippen LogP contribution in [0.3, 0.4) is 0 Å². The van der Waals surface area contributed by atoms with Crippen LogP contribution in [0, 0.1) is 12.1 Å². The molecule has 1 aliphatic heterocycles. The van der Waals surface area contributed by atoms with Crippen molar-refractivity contribution in [1.29, 1.82) is 0 Å². The van der Waals surface area contributed by atoms with Crippen molar-refractivity contribution < 1.29 is 0 Å². The van der Waals surface area contributed by atoms with Crippen LogP contribution in [0.15, 0.2) is 36.7 Å². The highest BCUT2D eigenvalue weighted by molar-refractivity contribution is 7.18. The van der Waals surface area contributed by atoms with E-state index >= 15 is 0 Å². The first-order valence-corrected chi connectivity index (χ1v) is 10.3. The summed E-state index contributed by atoms with van der Waals surface area (Å²) in [6.45, 7) is 9.00. The topological polar surface area (TPSA) is 62.7 Å². The van der Waals surface area contributed by atoms with Gasteiger partial charge in [0.2, 0.25) is 5.95 Å². The normalized spacial score (nSPS) is 18.4. The largest absolute Gasteiger partial charge is 0.351 e. The zero-order valence-corrected chi connectivity index (χ0v) is 17.5. The minimum absolute atomic E-state index is 0.0802. The van der Waals surface area contributed by atoms with Crippen LogP contribution in [0.5, 0.6) is 0 Å². The van der Waals surface area contributed by atoms with Gasteiger partial charge in [-0.2, -0.15) is 0 Å². The number of hydrogen-bond acceptors (Lipinski definition) is 6. The fourth-order valence-corrected chi connectivity index (χ4v) is 5.15. The fraction of sp³-hybridized carbons (Fsp3) is 0.409. The van der Waals surface area contributed by atoms with Crippen LogP contribution in [-0.2, 0) is 0 Å². The predicted octanol–water partition coefficient (Wildman–Crippen LogP) is 4.59. The zero-order valence-electron chi connectivity index (χ0n) is 16.7. The van der Waals surface area contributed by atoms with Crippen LogP contribution in [-0.4, -0.2) is 32.1 Å². The van der Waals surface area contributed by atoms with Crippen LogP contribution in [0.1, 0.15) is 40.5 Å². The first-order chi connectivity index (χ1) is 13.3. The van der Waals surface area contributed by atoms with E-state index in [0.29, 0.717) is 12.0 Å². The van der Waals surface area contributed by atoms with E-state index in [1.165, 1.54) is 0 Å². The molecule has 1 fully saturated rings. The van der Waals surface area contributed by atoms with E-state index in [9.17, 15) is 0 Å². The summed E-state index contributed by atoms with van der Waals surface area (Å²) in [5, 5.41) is 7.28. The van der Waals surface area contributed by atoms with Gasteiger partial charge in [-0.1, -0.05) is 6.07 Å². The van der Waals surface area contributed by atoms with Gasteiger partial charge in [-0.15, -0.1) is 11.3 Å². The molecule has 0 spiro atoms. The van der Waals surface area contributed by atoms with Crippen molar-refractivity contribution in [1.82, 2.24) is 20.3 Å². The van der Waals surface area contributed by atoms with Gasteiger partial charge >= 0.3 is 0 Å². The molecule has 5 nitrogen and oxygen atoms in total. The third-order valence-corrected chi connectivity index (χ3v) is 5.98. The van der Waals surface area contributed by atoms with E-state index in [1.807, 2.05) is 18.3 Å². The van der Waals surface area contributed by atoms with E-state index < -0.39 is 0 Å². The van der Waals surface area contributed by atoms with Crippen LogP contribution in [0.25, 0.3) is 21.1 Å². The molecule has 28 heavy (non-hydrogen) atoms. The molecule has 3 aromatic heterocycles. The SMILES string of the molecule is CC1(C)CC(Nc2nccc(-c3ccc(-c4cc#ccn4)s3)n2)CC(C)(C)N1. The molecule has 1 aliphatic rings. The van der Waals surface area contributed by atoms with Gasteiger partial charge in [0.05, 0.1) is 27.3 Å². The molecule has 3 aromatic rings. The van der Waals surface area contributed by atoms with Gasteiger partial charge in [-0.05, 0) is 64.8 Å².